The zero-order valence-corrected chi connectivity index (χ0v) is 27.3. The molecule has 4 saturated carbocycles. The number of carbonyl (C=O) groups excluding carboxylic acids is 1. The van der Waals surface area contributed by atoms with Gasteiger partial charge in [-0.3, -0.25) is 4.79 Å². The molecule has 0 aromatic heterocycles. The van der Waals surface area contributed by atoms with Gasteiger partial charge in [-0.15, -0.1) is 0 Å². The van der Waals surface area contributed by atoms with Gasteiger partial charge in [-0.25, -0.2) is 0 Å². The van der Waals surface area contributed by atoms with E-state index >= 15 is 0 Å². The van der Waals surface area contributed by atoms with Crippen LogP contribution in [0.2, 0.25) is 0 Å². The summed E-state index contributed by atoms with van der Waals surface area (Å²) in [6.45, 7) is 16.5. The van der Waals surface area contributed by atoms with Gasteiger partial charge in [-0.2, -0.15) is 0 Å². The number of fused-ring (bicyclic) bond motifs is 7. The average Bonchev–Trinajstić information content (AvgIpc) is 2.92. The van der Waals surface area contributed by atoms with E-state index in [2.05, 4.69) is 54.5 Å². The highest BCUT2D eigenvalue weighted by Gasteiger charge is 2.68. The topological polar surface area (TPSA) is 107 Å². The Bertz CT molecular complexity index is 1130. The van der Waals surface area contributed by atoms with Crippen molar-refractivity contribution in [3.63, 3.8) is 0 Å². The molecule has 0 aromatic rings. The van der Waals surface area contributed by atoms with E-state index in [1.807, 2.05) is 0 Å². The van der Waals surface area contributed by atoms with Crippen LogP contribution >= 0.6 is 0 Å². The van der Waals surface area contributed by atoms with Crippen LogP contribution in [0.4, 0.5) is 0 Å². The molecule has 0 amide bonds. The molecular formula is C36H58O6. The summed E-state index contributed by atoms with van der Waals surface area (Å²) >= 11 is 0. The average molecular weight is 587 g/mol. The van der Waals surface area contributed by atoms with Crippen LogP contribution < -0.4 is 0 Å². The summed E-state index contributed by atoms with van der Waals surface area (Å²) in [5, 5.41) is 42.0. The molecule has 1 aliphatic heterocycles. The molecule has 6 aliphatic rings. The van der Waals surface area contributed by atoms with Crippen molar-refractivity contribution in [1.29, 1.82) is 0 Å². The van der Waals surface area contributed by atoms with Crippen molar-refractivity contribution in [3.8, 4) is 0 Å². The molecule has 1 saturated heterocycles. The van der Waals surface area contributed by atoms with Crippen LogP contribution in [0.1, 0.15) is 119 Å². The van der Waals surface area contributed by atoms with Crippen molar-refractivity contribution < 1.29 is 30.0 Å². The highest BCUT2D eigenvalue weighted by molar-refractivity contribution is 5.85. The van der Waals surface area contributed by atoms with E-state index in [1.54, 1.807) is 5.57 Å². The van der Waals surface area contributed by atoms with Gasteiger partial charge in [0.15, 0.2) is 0 Å². The lowest BCUT2D eigenvalue weighted by molar-refractivity contribution is -0.241. The summed E-state index contributed by atoms with van der Waals surface area (Å²) in [5.41, 5.74) is 1.95. The molecule has 5 unspecified atom stereocenters. The first-order chi connectivity index (χ1) is 19.5. The Morgan fingerprint density at radius 3 is 2.19 bits per heavy atom. The molecule has 6 rings (SSSR count). The second-order valence-electron chi connectivity index (χ2n) is 17.8. The SMILES string of the molecule is CC1(C)CC[C@]2(C[C@@H]3OC(CO)[C@@H](O)[C@H](O)C3O)CC[C@]3(C)C(=CCC4[C@@]5(C)CCC(=O)C(C)(C)C5CC[C@]43C)C2C1. The van der Waals surface area contributed by atoms with E-state index < -0.39 is 30.5 Å². The number of Topliss-reactive ketones (excluding diaryl/α,β-unsaturated/α-hetero) is 1. The molecular weight excluding hydrogens is 528 g/mol. The Labute approximate surface area is 253 Å². The number of hydrogen-bond acceptors (Lipinski definition) is 6. The molecule has 5 fully saturated rings. The Morgan fingerprint density at radius 1 is 0.833 bits per heavy atom. The van der Waals surface area contributed by atoms with Crippen molar-refractivity contribution in [3.05, 3.63) is 11.6 Å². The predicted octanol–water partition coefficient (Wildman–Crippen LogP) is 5.59. The fraction of sp³-hybridized carbons (Fsp3) is 0.917. The van der Waals surface area contributed by atoms with Gasteiger partial charge >= 0.3 is 0 Å². The third-order valence-electron chi connectivity index (χ3n) is 15.2. The molecule has 12 atom stereocenters. The molecule has 0 spiro atoms. The number of allylic oxidation sites excluding steroid dienone is 2. The monoisotopic (exact) mass is 586 g/mol. The fourth-order valence-electron chi connectivity index (χ4n) is 12.3. The Morgan fingerprint density at radius 2 is 1.50 bits per heavy atom. The molecule has 0 aromatic carbocycles. The number of carbonyl (C=O) groups is 1. The summed E-state index contributed by atoms with van der Waals surface area (Å²) < 4.78 is 6.14. The molecule has 4 N–H and O–H groups in total. The van der Waals surface area contributed by atoms with Crippen molar-refractivity contribution in [1.82, 2.24) is 0 Å². The molecule has 1 heterocycles. The first-order valence-electron chi connectivity index (χ1n) is 17.0. The minimum absolute atomic E-state index is 0.0436. The lowest BCUT2D eigenvalue weighted by atomic mass is 9.33. The van der Waals surface area contributed by atoms with Gasteiger partial charge in [0.1, 0.15) is 30.2 Å². The smallest absolute Gasteiger partial charge is 0.138 e. The van der Waals surface area contributed by atoms with Gasteiger partial charge in [-0.05, 0) is 109 Å². The largest absolute Gasteiger partial charge is 0.394 e. The van der Waals surface area contributed by atoms with Gasteiger partial charge in [0.05, 0.1) is 12.7 Å². The zero-order chi connectivity index (χ0) is 30.7. The van der Waals surface area contributed by atoms with Crippen molar-refractivity contribution >= 4 is 5.78 Å². The van der Waals surface area contributed by atoms with Crippen molar-refractivity contribution in [2.75, 3.05) is 6.61 Å². The summed E-state index contributed by atoms with van der Waals surface area (Å²) in [6, 6.07) is 0. The molecule has 0 bridgehead atoms. The van der Waals surface area contributed by atoms with E-state index in [9.17, 15) is 25.2 Å². The van der Waals surface area contributed by atoms with Gasteiger partial charge < -0.3 is 25.2 Å². The fourth-order valence-corrected chi connectivity index (χ4v) is 12.3. The molecule has 42 heavy (non-hydrogen) atoms. The first-order valence-corrected chi connectivity index (χ1v) is 17.0. The third kappa shape index (κ3) is 4.17. The number of hydrogen-bond donors (Lipinski definition) is 4. The molecule has 6 nitrogen and oxygen atoms in total. The van der Waals surface area contributed by atoms with Crippen LogP contribution in [0.3, 0.4) is 0 Å². The summed E-state index contributed by atoms with van der Waals surface area (Å²) in [4.78, 5) is 13.1. The van der Waals surface area contributed by atoms with Gasteiger partial charge in [0.2, 0.25) is 0 Å². The summed E-state index contributed by atoms with van der Waals surface area (Å²) in [5.74, 6) is 1.82. The number of rotatable bonds is 3. The minimum atomic E-state index is -1.32. The number of aliphatic hydroxyl groups is 4. The maximum Gasteiger partial charge on any atom is 0.138 e. The maximum atomic E-state index is 13.1. The van der Waals surface area contributed by atoms with E-state index in [0.29, 0.717) is 36.4 Å². The Balaban J connectivity index is 1.37. The Hall–Kier alpha value is -0.790. The van der Waals surface area contributed by atoms with E-state index in [0.717, 1.165) is 57.8 Å². The highest BCUT2D eigenvalue weighted by Crippen LogP contribution is 2.76. The highest BCUT2D eigenvalue weighted by atomic mass is 16.5. The number of ketones is 1. The van der Waals surface area contributed by atoms with Gasteiger partial charge in [0, 0.05) is 11.8 Å². The van der Waals surface area contributed by atoms with Gasteiger partial charge in [0.25, 0.3) is 0 Å². The standard InChI is InChI=1S/C36H58O6/c1-31(2)14-16-36(19-23-28(39)30(41)29(40)24(20-37)42-23)17-15-34(6)21(22(36)18-31)8-9-26-33(5)12-11-27(38)32(3,4)25(33)10-13-35(26,34)7/h8,22-26,28-30,37,39-41H,9-20H2,1-7H3/t22?,23-,24?,25?,26?,28?,29+,30+,33-,34+,35+,36+/m0/s1. The third-order valence-corrected chi connectivity index (χ3v) is 15.2. The number of ether oxygens (including phenoxy) is 1. The van der Waals surface area contributed by atoms with E-state index in [1.165, 1.54) is 0 Å². The first kappa shape index (κ1) is 31.2. The van der Waals surface area contributed by atoms with Crippen molar-refractivity contribution in [2.24, 2.45) is 50.2 Å². The zero-order valence-electron chi connectivity index (χ0n) is 27.3. The van der Waals surface area contributed by atoms with Crippen LogP contribution in [0.15, 0.2) is 11.6 Å². The lowest BCUT2D eigenvalue weighted by Crippen LogP contribution is -2.64. The van der Waals surface area contributed by atoms with Crippen LogP contribution in [-0.2, 0) is 9.53 Å². The van der Waals surface area contributed by atoms with Crippen LogP contribution in [0, 0.1) is 50.2 Å². The lowest BCUT2D eigenvalue weighted by Gasteiger charge is -2.71. The number of aliphatic hydroxyl groups excluding tert-OH is 4. The Kier molecular flexibility index (Phi) is 7.32. The quantitative estimate of drug-likeness (QED) is 0.321. The minimum Gasteiger partial charge on any atom is -0.394 e. The second kappa shape index (κ2) is 9.85. The van der Waals surface area contributed by atoms with E-state index in [-0.39, 0.29) is 39.1 Å². The predicted molar refractivity (Wildman–Crippen MR) is 162 cm³/mol. The van der Waals surface area contributed by atoms with E-state index in [4.69, 9.17) is 4.74 Å². The molecule has 0 radical (unpaired) electrons. The summed E-state index contributed by atoms with van der Waals surface area (Å²) in [7, 11) is 0. The van der Waals surface area contributed by atoms with Crippen LogP contribution in [0.5, 0.6) is 0 Å². The van der Waals surface area contributed by atoms with Gasteiger partial charge in [-0.1, -0.05) is 60.1 Å². The molecule has 6 heteroatoms. The van der Waals surface area contributed by atoms with Crippen LogP contribution in [-0.4, -0.2) is 63.3 Å². The molecule has 5 aliphatic carbocycles. The maximum absolute atomic E-state index is 13.1. The normalized spacial score (nSPS) is 53.2. The summed E-state index contributed by atoms with van der Waals surface area (Å²) in [6.07, 6.45) is 8.52. The molecule has 238 valence electrons. The second-order valence-corrected chi connectivity index (χ2v) is 17.8. The van der Waals surface area contributed by atoms with Crippen LogP contribution in [0.25, 0.3) is 0 Å². The van der Waals surface area contributed by atoms with Crippen molar-refractivity contribution in [2.45, 2.75) is 150 Å².